The zero-order chi connectivity index (χ0) is 14.3. The van der Waals surface area contributed by atoms with Crippen LogP contribution >= 0.6 is 0 Å². The average Bonchev–Trinajstić information content (AvgIpc) is 2.44. The van der Waals surface area contributed by atoms with Crippen molar-refractivity contribution in [2.24, 2.45) is 0 Å². The minimum Gasteiger partial charge on any atom is -0.497 e. The second-order valence-electron chi connectivity index (χ2n) is 3.53. The third-order valence-electron chi connectivity index (χ3n) is 2.35. The Labute approximate surface area is 111 Å². The van der Waals surface area contributed by atoms with Crippen LogP contribution in [0.5, 0.6) is 5.75 Å². The van der Waals surface area contributed by atoms with E-state index in [1.165, 1.54) is 26.4 Å². The Morgan fingerprint density at radius 2 is 2.00 bits per heavy atom. The van der Waals surface area contributed by atoms with Crippen molar-refractivity contribution >= 4 is 18.0 Å². The maximum absolute atomic E-state index is 11.6. The second kappa shape index (κ2) is 7.20. The minimum atomic E-state index is -0.480. The lowest BCUT2D eigenvalue weighted by Gasteiger charge is -2.06. The molecule has 0 fully saturated rings. The molecule has 0 aliphatic carbocycles. The third kappa shape index (κ3) is 4.13. The van der Waals surface area contributed by atoms with Crippen LogP contribution in [0.3, 0.4) is 0 Å². The van der Waals surface area contributed by atoms with Crippen LogP contribution in [0.15, 0.2) is 24.3 Å². The van der Waals surface area contributed by atoms with Gasteiger partial charge in [-0.15, -0.1) is 0 Å². The van der Waals surface area contributed by atoms with Gasteiger partial charge in [-0.3, -0.25) is 0 Å². The van der Waals surface area contributed by atoms with Gasteiger partial charge in [0.05, 0.1) is 26.4 Å². The van der Waals surface area contributed by atoms with Gasteiger partial charge in [-0.05, 0) is 36.8 Å². The zero-order valence-electron chi connectivity index (χ0n) is 11.1. The van der Waals surface area contributed by atoms with Crippen LogP contribution in [0, 0.1) is 0 Å². The minimum absolute atomic E-state index is 0.297. The smallest absolute Gasteiger partial charge is 0.338 e. The van der Waals surface area contributed by atoms with Crippen molar-refractivity contribution in [2.45, 2.75) is 6.92 Å². The summed E-state index contributed by atoms with van der Waals surface area (Å²) in [6, 6.07) is 4.87. The first kappa shape index (κ1) is 14.8. The normalized spacial score (nSPS) is 10.3. The maximum Gasteiger partial charge on any atom is 0.338 e. The van der Waals surface area contributed by atoms with Gasteiger partial charge in [0.25, 0.3) is 0 Å². The summed E-state index contributed by atoms with van der Waals surface area (Å²) in [6.45, 7) is 2.02. The molecule has 19 heavy (non-hydrogen) atoms. The molecule has 102 valence electrons. The lowest BCUT2D eigenvalue weighted by atomic mass is 10.1. The number of rotatable bonds is 5. The Morgan fingerprint density at radius 3 is 2.58 bits per heavy atom. The van der Waals surface area contributed by atoms with Crippen molar-refractivity contribution < 1.29 is 23.8 Å². The molecule has 0 saturated carbocycles. The lowest BCUT2D eigenvalue weighted by molar-refractivity contribution is -0.137. The fourth-order valence-corrected chi connectivity index (χ4v) is 1.45. The highest BCUT2D eigenvalue weighted by molar-refractivity contribution is 5.96. The predicted molar refractivity (Wildman–Crippen MR) is 70.0 cm³/mol. The Hall–Kier alpha value is -2.30. The number of esters is 2. The van der Waals surface area contributed by atoms with E-state index in [-0.39, 0.29) is 0 Å². The number of methoxy groups -OCH3 is 2. The number of carbonyl (C=O) groups excluding carboxylic acids is 2. The highest BCUT2D eigenvalue weighted by Gasteiger charge is 2.11. The lowest BCUT2D eigenvalue weighted by Crippen LogP contribution is -2.04. The molecular weight excluding hydrogens is 248 g/mol. The molecule has 0 spiro atoms. The molecule has 0 amide bonds. The van der Waals surface area contributed by atoms with Crippen molar-refractivity contribution in [1.82, 2.24) is 0 Å². The van der Waals surface area contributed by atoms with E-state index in [0.29, 0.717) is 23.5 Å². The van der Waals surface area contributed by atoms with Gasteiger partial charge in [-0.1, -0.05) is 0 Å². The third-order valence-corrected chi connectivity index (χ3v) is 2.35. The Morgan fingerprint density at radius 1 is 1.26 bits per heavy atom. The molecule has 1 aromatic carbocycles. The van der Waals surface area contributed by atoms with E-state index >= 15 is 0 Å². The Bertz CT molecular complexity index is 491. The molecule has 5 heteroatoms. The van der Waals surface area contributed by atoms with Crippen LogP contribution in [0.4, 0.5) is 0 Å². The van der Waals surface area contributed by atoms with Gasteiger partial charge in [0, 0.05) is 6.08 Å². The average molecular weight is 264 g/mol. The maximum atomic E-state index is 11.6. The summed E-state index contributed by atoms with van der Waals surface area (Å²) in [5, 5.41) is 0. The zero-order valence-corrected chi connectivity index (χ0v) is 11.1. The highest BCUT2D eigenvalue weighted by atomic mass is 16.5. The predicted octanol–water partition coefficient (Wildman–Crippen LogP) is 2.06. The van der Waals surface area contributed by atoms with E-state index in [9.17, 15) is 9.59 Å². The summed E-state index contributed by atoms with van der Waals surface area (Å²) in [5.41, 5.74) is 0.878. The van der Waals surface area contributed by atoms with Gasteiger partial charge in [0.15, 0.2) is 0 Å². The first-order valence-corrected chi connectivity index (χ1v) is 5.73. The quantitative estimate of drug-likeness (QED) is 0.601. The molecule has 0 N–H and O–H groups in total. The first-order valence-electron chi connectivity index (χ1n) is 5.73. The van der Waals surface area contributed by atoms with Crippen LogP contribution in [0.25, 0.3) is 6.08 Å². The topological polar surface area (TPSA) is 61.8 Å². The number of ether oxygens (including phenoxy) is 3. The number of hydrogen-bond donors (Lipinski definition) is 0. The van der Waals surface area contributed by atoms with Gasteiger partial charge in [-0.25, -0.2) is 9.59 Å². The molecule has 0 bridgehead atoms. The fourth-order valence-electron chi connectivity index (χ4n) is 1.45. The van der Waals surface area contributed by atoms with Crippen molar-refractivity contribution in [2.75, 3.05) is 20.8 Å². The molecule has 0 heterocycles. The molecule has 0 aliphatic rings. The van der Waals surface area contributed by atoms with Crippen molar-refractivity contribution in [1.29, 1.82) is 0 Å². The van der Waals surface area contributed by atoms with Crippen LogP contribution < -0.4 is 4.74 Å². The Balaban J connectivity index is 3.07. The molecule has 0 aliphatic heterocycles. The van der Waals surface area contributed by atoms with Crippen molar-refractivity contribution in [3.63, 3.8) is 0 Å². The van der Waals surface area contributed by atoms with Crippen LogP contribution in [-0.4, -0.2) is 32.8 Å². The van der Waals surface area contributed by atoms with Crippen molar-refractivity contribution in [3.05, 3.63) is 35.4 Å². The molecule has 0 atom stereocenters. The molecule has 1 rings (SSSR count). The monoisotopic (exact) mass is 264 g/mol. The highest BCUT2D eigenvalue weighted by Crippen LogP contribution is 2.20. The molecule has 0 radical (unpaired) electrons. The molecule has 0 unspecified atom stereocenters. The summed E-state index contributed by atoms with van der Waals surface area (Å²) in [4.78, 5) is 22.9. The summed E-state index contributed by atoms with van der Waals surface area (Å²) >= 11 is 0. The van der Waals surface area contributed by atoms with E-state index < -0.39 is 11.9 Å². The fraction of sp³-hybridized carbons (Fsp3) is 0.286. The van der Waals surface area contributed by atoms with E-state index in [1.54, 1.807) is 25.1 Å². The summed E-state index contributed by atoms with van der Waals surface area (Å²) in [6.07, 6.45) is 2.75. The SMILES string of the molecule is CCOC(=O)/C=C/c1cc(OC)ccc1C(=O)OC. The van der Waals surface area contributed by atoms with Crippen LogP contribution in [0.1, 0.15) is 22.8 Å². The van der Waals surface area contributed by atoms with E-state index in [4.69, 9.17) is 9.47 Å². The van der Waals surface area contributed by atoms with Gasteiger partial charge >= 0.3 is 11.9 Å². The molecular formula is C14H16O5. The molecule has 1 aromatic rings. The number of hydrogen-bond acceptors (Lipinski definition) is 5. The van der Waals surface area contributed by atoms with Crippen LogP contribution in [0.2, 0.25) is 0 Å². The van der Waals surface area contributed by atoms with Crippen molar-refractivity contribution in [3.8, 4) is 5.75 Å². The molecule has 0 aromatic heterocycles. The summed E-state index contributed by atoms with van der Waals surface area (Å²) in [5.74, 6) is -0.372. The van der Waals surface area contributed by atoms with Crippen LogP contribution in [-0.2, 0) is 14.3 Å². The first-order chi connectivity index (χ1) is 9.12. The van der Waals surface area contributed by atoms with E-state index in [0.717, 1.165) is 0 Å². The summed E-state index contributed by atoms with van der Waals surface area (Å²) in [7, 11) is 2.82. The largest absolute Gasteiger partial charge is 0.497 e. The van der Waals surface area contributed by atoms with E-state index in [1.807, 2.05) is 0 Å². The van der Waals surface area contributed by atoms with Gasteiger partial charge in [0.1, 0.15) is 5.75 Å². The number of benzene rings is 1. The second-order valence-corrected chi connectivity index (χ2v) is 3.53. The van der Waals surface area contributed by atoms with E-state index in [2.05, 4.69) is 4.74 Å². The van der Waals surface area contributed by atoms with Gasteiger partial charge in [0.2, 0.25) is 0 Å². The summed E-state index contributed by atoms with van der Waals surface area (Å²) < 4.78 is 14.5. The molecule has 5 nitrogen and oxygen atoms in total. The van der Waals surface area contributed by atoms with Gasteiger partial charge in [-0.2, -0.15) is 0 Å². The molecule has 0 saturated heterocycles. The van der Waals surface area contributed by atoms with Gasteiger partial charge < -0.3 is 14.2 Å². The Kier molecular flexibility index (Phi) is 5.60. The number of carbonyl (C=O) groups is 2. The standard InChI is InChI=1S/C14H16O5/c1-4-19-13(15)8-5-10-9-11(17-2)6-7-12(10)14(16)18-3/h5-9H,4H2,1-3H3/b8-5+.